The number of rotatable bonds is 0. The Balaban J connectivity index is 2.17. The third-order valence-electron chi connectivity index (χ3n) is 2.72. The topological polar surface area (TPSA) is 110 Å². The Labute approximate surface area is 74.0 Å². The van der Waals surface area contributed by atoms with Crippen molar-refractivity contribution < 1.29 is 30.3 Å². The predicted molar refractivity (Wildman–Crippen MR) is 38.5 cm³/mol. The van der Waals surface area contributed by atoms with E-state index in [-0.39, 0.29) is 6.42 Å². The lowest BCUT2D eigenvalue weighted by Crippen LogP contribution is -2.59. The zero-order valence-corrected chi connectivity index (χ0v) is 6.74. The predicted octanol–water partition coefficient (Wildman–Crippen LogP) is -3.08. The Kier molecular flexibility index (Phi) is 1.88. The molecule has 0 bridgehead atoms. The fourth-order valence-electron chi connectivity index (χ4n) is 1.70. The van der Waals surface area contributed by atoms with E-state index in [9.17, 15) is 10.2 Å². The van der Waals surface area contributed by atoms with Crippen LogP contribution in [-0.4, -0.2) is 61.8 Å². The molecule has 13 heavy (non-hydrogen) atoms. The van der Waals surface area contributed by atoms with Gasteiger partial charge in [0, 0.05) is 6.42 Å². The van der Waals surface area contributed by atoms with Gasteiger partial charge in [0.05, 0.1) is 6.10 Å². The maximum atomic E-state index is 9.42. The first-order valence-electron chi connectivity index (χ1n) is 4.07. The monoisotopic (exact) mass is 192 g/mol. The molecule has 2 fully saturated rings. The molecule has 1 aliphatic carbocycles. The Morgan fingerprint density at radius 3 is 2.00 bits per heavy atom. The first kappa shape index (κ1) is 9.32. The summed E-state index contributed by atoms with van der Waals surface area (Å²) in [6, 6.07) is 0. The van der Waals surface area contributed by atoms with Crippen molar-refractivity contribution in [1.29, 1.82) is 0 Å². The molecule has 0 aromatic heterocycles. The SMILES string of the molecule is OC1OC2(CC2O)C(O)[C@H](O)[C@@H]1O. The highest BCUT2D eigenvalue weighted by Gasteiger charge is 2.67. The van der Waals surface area contributed by atoms with Gasteiger partial charge in [-0.15, -0.1) is 0 Å². The zero-order chi connectivity index (χ0) is 9.80. The Morgan fingerprint density at radius 1 is 1.00 bits per heavy atom. The molecule has 1 aliphatic heterocycles. The molecule has 0 radical (unpaired) electrons. The van der Waals surface area contributed by atoms with Crippen LogP contribution in [0.2, 0.25) is 0 Å². The van der Waals surface area contributed by atoms with E-state index in [1.807, 2.05) is 0 Å². The van der Waals surface area contributed by atoms with E-state index in [4.69, 9.17) is 20.1 Å². The second kappa shape index (κ2) is 2.63. The van der Waals surface area contributed by atoms with Crippen LogP contribution < -0.4 is 0 Å². The van der Waals surface area contributed by atoms with Crippen molar-refractivity contribution in [3.05, 3.63) is 0 Å². The lowest BCUT2D eigenvalue weighted by Gasteiger charge is -2.38. The number of aliphatic hydroxyl groups is 5. The Hall–Kier alpha value is -0.240. The van der Waals surface area contributed by atoms with Gasteiger partial charge in [0.25, 0.3) is 0 Å². The molecule has 6 heteroatoms. The van der Waals surface area contributed by atoms with Crippen LogP contribution in [-0.2, 0) is 4.74 Å². The molecule has 6 atom stereocenters. The summed E-state index contributed by atoms with van der Waals surface area (Å²) >= 11 is 0. The van der Waals surface area contributed by atoms with Crippen LogP contribution >= 0.6 is 0 Å². The summed E-state index contributed by atoms with van der Waals surface area (Å²) in [5.41, 5.74) is -1.28. The average molecular weight is 192 g/mol. The van der Waals surface area contributed by atoms with E-state index < -0.39 is 36.3 Å². The number of hydrogen-bond donors (Lipinski definition) is 5. The maximum absolute atomic E-state index is 9.42. The zero-order valence-electron chi connectivity index (χ0n) is 6.74. The van der Waals surface area contributed by atoms with E-state index in [0.717, 1.165) is 0 Å². The molecule has 6 nitrogen and oxygen atoms in total. The van der Waals surface area contributed by atoms with Crippen LogP contribution in [0.3, 0.4) is 0 Å². The molecule has 76 valence electrons. The van der Waals surface area contributed by atoms with Crippen LogP contribution in [0.15, 0.2) is 0 Å². The molecule has 5 N–H and O–H groups in total. The van der Waals surface area contributed by atoms with E-state index in [1.54, 1.807) is 0 Å². The van der Waals surface area contributed by atoms with Crippen LogP contribution in [0, 0.1) is 0 Å². The third kappa shape index (κ3) is 1.11. The Bertz CT molecular complexity index is 221. The Morgan fingerprint density at radius 2 is 1.54 bits per heavy atom. The highest BCUT2D eigenvalue weighted by molar-refractivity contribution is 5.16. The summed E-state index contributed by atoms with van der Waals surface area (Å²) in [6.07, 6.45) is -6.67. The molecule has 1 spiro atoms. The van der Waals surface area contributed by atoms with E-state index in [0.29, 0.717) is 0 Å². The summed E-state index contributed by atoms with van der Waals surface area (Å²) in [5.74, 6) is 0. The fraction of sp³-hybridized carbons (Fsp3) is 1.00. The van der Waals surface area contributed by atoms with Crippen LogP contribution in [0.25, 0.3) is 0 Å². The molecular weight excluding hydrogens is 180 g/mol. The van der Waals surface area contributed by atoms with Crippen molar-refractivity contribution in [2.75, 3.05) is 0 Å². The summed E-state index contributed by atoms with van der Waals surface area (Å²) in [4.78, 5) is 0. The van der Waals surface area contributed by atoms with Crippen LogP contribution in [0.4, 0.5) is 0 Å². The van der Waals surface area contributed by atoms with E-state index in [1.165, 1.54) is 0 Å². The average Bonchev–Trinajstić information content (AvgIpc) is 2.71. The van der Waals surface area contributed by atoms with Gasteiger partial charge >= 0.3 is 0 Å². The summed E-state index contributed by atoms with van der Waals surface area (Å²) < 4.78 is 4.84. The van der Waals surface area contributed by atoms with E-state index in [2.05, 4.69) is 0 Å². The standard InChI is InChI=1S/C7H12O6/c8-2-1-7(2)5(11)3(9)4(10)6(12)13-7/h2-6,8-12H,1H2/t2?,3-,4+,5?,6?,7?/m1/s1. The molecule has 0 aromatic rings. The first-order valence-corrected chi connectivity index (χ1v) is 4.07. The van der Waals surface area contributed by atoms with Gasteiger partial charge in [-0.05, 0) is 0 Å². The molecule has 1 saturated heterocycles. The normalized spacial score (nSPS) is 61.2. The lowest BCUT2D eigenvalue weighted by molar-refractivity contribution is -0.297. The number of ether oxygens (including phenoxy) is 1. The van der Waals surface area contributed by atoms with Crippen LogP contribution in [0.5, 0.6) is 0 Å². The van der Waals surface area contributed by atoms with Crippen molar-refractivity contribution in [1.82, 2.24) is 0 Å². The minimum atomic E-state index is -1.56. The van der Waals surface area contributed by atoms with Crippen molar-refractivity contribution in [3.63, 3.8) is 0 Å². The molecule has 2 rings (SSSR count). The minimum absolute atomic E-state index is 0.162. The molecule has 1 heterocycles. The first-order chi connectivity index (χ1) is 5.99. The number of aliphatic hydroxyl groups excluding tert-OH is 5. The lowest BCUT2D eigenvalue weighted by atomic mass is 9.97. The van der Waals surface area contributed by atoms with Crippen molar-refractivity contribution in [2.45, 2.75) is 42.7 Å². The van der Waals surface area contributed by atoms with Gasteiger partial charge in [-0.1, -0.05) is 0 Å². The molecule has 0 amide bonds. The van der Waals surface area contributed by atoms with Crippen molar-refractivity contribution >= 4 is 0 Å². The number of hydrogen-bond acceptors (Lipinski definition) is 6. The molecule has 4 unspecified atom stereocenters. The molecular formula is C7H12O6. The smallest absolute Gasteiger partial charge is 0.184 e. The fourth-order valence-corrected chi connectivity index (χ4v) is 1.70. The van der Waals surface area contributed by atoms with Gasteiger partial charge in [0.15, 0.2) is 6.29 Å². The molecule has 1 saturated carbocycles. The van der Waals surface area contributed by atoms with Crippen LogP contribution in [0.1, 0.15) is 6.42 Å². The molecule has 2 aliphatic rings. The van der Waals surface area contributed by atoms with Crippen molar-refractivity contribution in [3.8, 4) is 0 Å². The van der Waals surface area contributed by atoms with Gasteiger partial charge in [0.1, 0.15) is 23.9 Å². The van der Waals surface area contributed by atoms with Gasteiger partial charge in [0.2, 0.25) is 0 Å². The van der Waals surface area contributed by atoms with Gasteiger partial charge in [-0.3, -0.25) is 0 Å². The summed E-state index contributed by atoms with van der Waals surface area (Å²) in [7, 11) is 0. The van der Waals surface area contributed by atoms with Gasteiger partial charge < -0.3 is 30.3 Å². The van der Waals surface area contributed by atoms with E-state index >= 15 is 0 Å². The molecule has 0 aromatic carbocycles. The maximum Gasteiger partial charge on any atom is 0.184 e. The third-order valence-corrected chi connectivity index (χ3v) is 2.72. The quantitative estimate of drug-likeness (QED) is 0.278. The largest absolute Gasteiger partial charge is 0.390 e. The summed E-state index contributed by atoms with van der Waals surface area (Å²) in [6.45, 7) is 0. The second-order valence-corrected chi connectivity index (χ2v) is 3.61. The van der Waals surface area contributed by atoms with Crippen molar-refractivity contribution in [2.24, 2.45) is 0 Å². The second-order valence-electron chi connectivity index (χ2n) is 3.61. The van der Waals surface area contributed by atoms with Gasteiger partial charge in [-0.25, -0.2) is 0 Å². The van der Waals surface area contributed by atoms with Gasteiger partial charge in [-0.2, -0.15) is 0 Å². The minimum Gasteiger partial charge on any atom is -0.390 e. The highest BCUT2D eigenvalue weighted by Crippen LogP contribution is 2.48. The summed E-state index contributed by atoms with van der Waals surface area (Å²) in [5, 5.41) is 46.0. The highest BCUT2D eigenvalue weighted by atomic mass is 16.7.